The van der Waals surface area contributed by atoms with Crippen molar-refractivity contribution in [2.75, 3.05) is 20.2 Å². The molecule has 4 nitrogen and oxygen atoms in total. The Morgan fingerprint density at radius 1 is 1.39 bits per heavy atom. The van der Waals surface area contributed by atoms with Crippen molar-refractivity contribution in [1.82, 2.24) is 5.32 Å². The number of hydrogen-bond donors (Lipinski definition) is 1. The molecule has 98 valence electrons. The fourth-order valence-corrected chi connectivity index (χ4v) is 2.39. The van der Waals surface area contributed by atoms with E-state index >= 15 is 0 Å². The summed E-state index contributed by atoms with van der Waals surface area (Å²) in [6, 6.07) is 3.32. The van der Waals surface area contributed by atoms with Crippen LogP contribution in [-0.2, 0) is 11.2 Å². The highest BCUT2D eigenvalue weighted by molar-refractivity contribution is 5.54. The van der Waals surface area contributed by atoms with Crippen molar-refractivity contribution in [2.24, 2.45) is 0 Å². The Hall–Kier alpha value is -1.40. The number of alkyl halides is 2. The molecule has 0 unspecified atom stereocenters. The second kappa shape index (κ2) is 4.07. The van der Waals surface area contributed by atoms with Gasteiger partial charge in [-0.3, -0.25) is 0 Å². The number of halogens is 2. The molecule has 1 aromatic carbocycles. The van der Waals surface area contributed by atoms with Crippen LogP contribution in [0.4, 0.5) is 8.78 Å². The summed E-state index contributed by atoms with van der Waals surface area (Å²) < 4.78 is 40.9. The molecule has 0 aliphatic carbocycles. The molecule has 0 spiro atoms. The second-order valence-electron chi connectivity index (χ2n) is 4.30. The lowest BCUT2D eigenvalue weighted by Crippen LogP contribution is -2.28. The molecule has 1 atom stereocenters. The Labute approximate surface area is 103 Å². The molecule has 6 heteroatoms. The van der Waals surface area contributed by atoms with Crippen LogP contribution in [0.1, 0.15) is 17.2 Å². The van der Waals surface area contributed by atoms with Gasteiger partial charge in [-0.1, -0.05) is 6.07 Å². The monoisotopic (exact) mass is 257 g/mol. The predicted octanol–water partition coefficient (Wildman–Crippen LogP) is 1.84. The first kappa shape index (κ1) is 11.7. The molecular formula is C12H13F2NO3. The van der Waals surface area contributed by atoms with Crippen molar-refractivity contribution in [3.8, 4) is 11.5 Å². The van der Waals surface area contributed by atoms with Gasteiger partial charge in [0.2, 0.25) is 0 Å². The molecule has 0 saturated heterocycles. The molecule has 0 bridgehead atoms. The van der Waals surface area contributed by atoms with Crippen LogP contribution in [-0.4, -0.2) is 26.5 Å². The van der Waals surface area contributed by atoms with Gasteiger partial charge in [0.25, 0.3) is 0 Å². The molecular weight excluding hydrogens is 244 g/mol. The van der Waals surface area contributed by atoms with Gasteiger partial charge in [-0.2, -0.15) is 0 Å². The number of likely N-dealkylation sites (N-methyl/N-ethyl adjacent to an activating group) is 1. The first-order valence-electron chi connectivity index (χ1n) is 5.78. The number of rotatable bonds is 2. The molecule has 0 amide bonds. The van der Waals surface area contributed by atoms with E-state index in [1.165, 1.54) is 6.07 Å². The van der Waals surface area contributed by atoms with Gasteiger partial charge >= 0.3 is 6.29 Å². The lowest BCUT2D eigenvalue weighted by Gasteiger charge is -2.26. The highest BCUT2D eigenvalue weighted by atomic mass is 19.3. The van der Waals surface area contributed by atoms with Crippen molar-refractivity contribution in [2.45, 2.75) is 18.8 Å². The Morgan fingerprint density at radius 2 is 2.22 bits per heavy atom. The summed E-state index contributed by atoms with van der Waals surface area (Å²) in [6.07, 6.45) is -3.18. The van der Waals surface area contributed by atoms with Crippen molar-refractivity contribution in [3.63, 3.8) is 0 Å². The van der Waals surface area contributed by atoms with Crippen LogP contribution in [0.25, 0.3) is 0 Å². The average molecular weight is 257 g/mol. The number of fused-ring (bicyclic) bond motifs is 3. The standard InChI is InChI=1S/C12H13F2NO3/c1-15-6-9-10-7(4-5-16-9)2-3-8-11(10)18-12(13,14)17-8/h2-3,9,15H,4-6H2,1H3/t9-/m0/s1. The molecule has 2 aliphatic rings. The van der Waals surface area contributed by atoms with Crippen molar-refractivity contribution in [3.05, 3.63) is 23.3 Å². The zero-order valence-corrected chi connectivity index (χ0v) is 9.83. The zero-order valence-electron chi connectivity index (χ0n) is 9.83. The minimum Gasteiger partial charge on any atom is -0.395 e. The van der Waals surface area contributed by atoms with Gasteiger partial charge in [-0.05, 0) is 25.1 Å². The van der Waals surface area contributed by atoms with E-state index < -0.39 is 6.29 Å². The zero-order chi connectivity index (χ0) is 12.8. The Morgan fingerprint density at radius 3 is 3.00 bits per heavy atom. The minimum absolute atomic E-state index is 0.0744. The normalized spacial score (nSPS) is 23.8. The van der Waals surface area contributed by atoms with Gasteiger partial charge in [0.1, 0.15) is 0 Å². The number of ether oxygens (including phenoxy) is 3. The Kier molecular flexibility index (Phi) is 2.64. The van der Waals surface area contributed by atoms with Gasteiger partial charge in [0.05, 0.1) is 12.7 Å². The second-order valence-corrected chi connectivity index (χ2v) is 4.30. The number of nitrogens with one attached hydrogen (secondary N) is 1. The summed E-state index contributed by atoms with van der Waals surface area (Å²) in [5.74, 6) is 0.183. The predicted molar refractivity (Wildman–Crippen MR) is 59.0 cm³/mol. The third kappa shape index (κ3) is 1.81. The average Bonchev–Trinajstić information content (AvgIpc) is 2.64. The third-order valence-electron chi connectivity index (χ3n) is 3.10. The van der Waals surface area contributed by atoms with Crippen LogP contribution in [0.5, 0.6) is 11.5 Å². The maximum atomic E-state index is 13.1. The molecule has 1 N–H and O–H groups in total. The lowest BCUT2D eigenvalue weighted by atomic mass is 9.96. The van der Waals surface area contributed by atoms with E-state index in [2.05, 4.69) is 14.8 Å². The maximum absolute atomic E-state index is 13.1. The van der Waals surface area contributed by atoms with Gasteiger partial charge in [-0.15, -0.1) is 8.78 Å². The Balaban J connectivity index is 2.06. The molecule has 1 aromatic rings. The van der Waals surface area contributed by atoms with Gasteiger partial charge in [0, 0.05) is 12.1 Å². The fourth-order valence-electron chi connectivity index (χ4n) is 2.39. The van der Waals surface area contributed by atoms with Crippen molar-refractivity contribution >= 4 is 0 Å². The van der Waals surface area contributed by atoms with E-state index in [9.17, 15) is 8.78 Å². The van der Waals surface area contributed by atoms with E-state index in [-0.39, 0.29) is 17.6 Å². The molecule has 18 heavy (non-hydrogen) atoms. The van der Waals surface area contributed by atoms with Crippen LogP contribution in [0, 0.1) is 0 Å². The molecule has 0 saturated carbocycles. The minimum atomic E-state index is -3.58. The van der Waals surface area contributed by atoms with E-state index in [1.807, 2.05) is 0 Å². The van der Waals surface area contributed by atoms with Crippen LogP contribution >= 0.6 is 0 Å². The highest BCUT2D eigenvalue weighted by Crippen LogP contribution is 2.48. The fraction of sp³-hybridized carbons (Fsp3) is 0.500. The summed E-state index contributed by atoms with van der Waals surface area (Å²) in [7, 11) is 1.78. The maximum Gasteiger partial charge on any atom is 0.586 e. The highest BCUT2D eigenvalue weighted by Gasteiger charge is 2.46. The largest absolute Gasteiger partial charge is 0.586 e. The SMILES string of the molecule is CNC[C@@H]1OCCc2ccc3c(c21)OC(F)(F)O3. The van der Waals surface area contributed by atoms with E-state index in [0.29, 0.717) is 25.1 Å². The van der Waals surface area contributed by atoms with E-state index in [1.54, 1.807) is 13.1 Å². The smallest absolute Gasteiger partial charge is 0.395 e. The topological polar surface area (TPSA) is 39.7 Å². The van der Waals surface area contributed by atoms with Crippen LogP contribution in [0.15, 0.2) is 12.1 Å². The first-order valence-corrected chi connectivity index (χ1v) is 5.78. The summed E-state index contributed by atoms with van der Waals surface area (Å²) in [5, 5.41) is 2.98. The summed E-state index contributed by atoms with van der Waals surface area (Å²) in [5.41, 5.74) is 1.65. The van der Waals surface area contributed by atoms with Gasteiger partial charge < -0.3 is 19.5 Å². The third-order valence-corrected chi connectivity index (χ3v) is 3.10. The van der Waals surface area contributed by atoms with Gasteiger partial charge in [0.15, 0.2) is 11.5 Å². The lowest BCUT2D eigenvalue weighted by molar-refractivity contribution is -0.287. The summed E-state index contributed by atoms with van der Waals surface area (Å²) in [4.78, 5) is 0. The molecule has 2 heterocycles. The van der Waals surface area contributed by atoms with Crippen LogP contribution in [0.3, 0.4) is 0 Å². The molecule has 0 radical (unpaired) electrons. The van der Waals surface area contributed by atoms with Crippen molar-refractivity contribution < 1.29 is 23.0 Å². The molecule has 3 rings (SSSR count). The van der Waals surface area contributed by atoms with Gasteiger partial charge in [-0.25, -0.2) is 0 Å². The summed E-state index contributed by atoms with van der Waals surface area (Å²) in [6.45, 7) is 1.12. The van der Waals surface area contributed by atoms with E-state index in [0.717, 1.165) is 5.56 Å². The van der Waals surface area contributed by atoms with Crippen molar-refractivity contribution in [1.29, 1.82) is 0 Å². The number of hydrogen-bond acceptors (Lipinski definition) is 4. The molecule has 2 aliphatic heterocycles. The molecule has 0 aromatic heterocycles. The summed E-state index contributed by atoms with van der Waals surface area (Å²) >= 11 is 0. The number of benzene rings is 1. The molecule has 0 fully saturated rings. The van der Waals surface area contributed by atoms with Crippen LogP contribution in [0.2, 0.25) is 0 Å². The first-order chi connectivity index (χ1) is 8.61. The van der Waals surface area contributed by atoms with Crippen LogP contribution < -0.4 is 14.8 Å². The Bertz CT molecular complexity index is 479. The quantitative estimate of drug-likeness (QED) is 0.877. The van der Waals surface area contributed by atoms with E-state index in [4.69, 9.17) is 4.74 Å².